The van der Waals surface area contributed by atoms with Crippen LogP contribution in [-0.4, -0.2) is 36.3 Å². The van der Waals surface area contributed by atoms with Crippen molar-refractivity contribution in [1.82, 2.24) is 9.97 Å². The van der Waals surface area contributed by atoms with Gasteiger partial charge in [-0.1, -0.05) is 30.3 Å². The van der Waals surface area contributed by atoms with Gasteiger partial charge in [0.2, 0.25) is 11.8 Å². The van der Waals surface area contributed by atoms with Crippen LogP contribution >= 0.6 is 0 Å². The lowest BCUT2D eigenvalue weighted by Gasteiger charge is -2.27. The van der Waals surface area contributed by atoms with Gasteiger partial charge in [0.05, 0.1) is 24.1 Å². The summed E-state index contributed by atoms with van der Waals surface area (Å²) >= 11 is 0. The monoisotopic (exact) mass is 336 g/mol. The van der Waals surface area contributed by atoms with E-state index in [4.69, 9.17) is 15.2 Å². The standard InChI is InChI=1S/C19H20N4O2/c20-15-6-7-16-17(12-15)21-19(23-8-10-24-11-9-23)22-18(16)25-13-14-4-2-1-3-5-14/h1-7,12H,8-11,13,20H2. The van der Waals surface area contributed by atoms with Crippen molar-refractivity contribution >= 4 is 22.5 Å². The average Bonchev–Trinajstić information content (AvgIpc) is 2.67. The van der Waals surface area contributed by atoms with E-state index >= 15 is 0 Å². The van der Waals surface area contributed by atoms with Crippen molar-refractivity contribution < 1.29 is 9.47 Å². The van der Waals surface area contributed by atoms with Crippen LogP contribution in [0.5, 0.6) is 5.88 Å². The highest BCUT2D eigenvalue weighted by atomic mass is 16.5. The molecule has 4 rings (SSSR count). The van der Waals surface area contributed by atoms with Gasteiger partial charge in [-0.05, 0) is 23.8 Å². The van der Waals surface area contributed by atoms with Gasteiger partial charge in [0.25, 0.3) is 0 Å². The van der Waals surface area contributed by atoms with Crippen LogP contribution in [0.3, 0.4) is 0 Å². The Morgan fingerprint density at radius 3 is 2.64 bits per heavy atom. The molecular formula is C19H20N4O2. The van der Waals surface area contributed by atoms with E-state index in [-0.39, 0.29) is 0 Å². The summed E-state index contributed by atoms with van der Waals surface area (Å²) in [6.07, 6.45) is 0. The van der Waals surface area contributed by atoms with Crippen molar-refractivity contribution in [1.29, 1.82) is 0 Å². The minimum Gasteiger partial charge on any atom is -0.472 e. The van der Waals surface area contributed by atoms with Crippen molar-refractivity contribution in [2.75, 3.05) is 36.9 Å². The third-order valence-corrected chi connectivity index (χ3v) is 4.19. The lowest BCUT2D eigenvalue weighted by atomic mass is 10.2. The van der Waals surface area contributed by atoms with E-state index < -0.39 is 0 Å². The van der Waals surface area contributed by atoms with Crippen LogP contribution in [-0.2, 0) is 11.3 Å². The van der Waals surface area contributed by atoms with Crippen molar-refractivity contribution in [2.45, 2.75) is 6.61 Å². The fourth-order valence-corrected chi connectivity index (χ4v) is 2.85. The number of aromatic nitrogens is 2. The number of nitrogens with zero attached hydrogens (tertiary/aromatic N) is 3. The number of rotatable bonds is 4. The number of fused-ring (bicyclic) bond motifs is 1. The second kappa shape index (κ2) is 6.94. The van der Waals surface area contributed by atoms with E-state index in [1.54, 1.807) is 0 Å². The van der Waals surface area contributed by atoms with Gasteiger partial charge in [-0.15, -0.1) is 0 Å². The topological polar surface area (TPSA) is 73.5 Å². The van der Waals surface area contributed by atoms with Gasteiger partial charge in [-0.25, -0.2) is 4.98 Å². The van der Waals surface area contributed by atoms with Crippen LogP contribution in [0.1, 0.15) is 5.56 Å². The fourth-order valence-electron chi connectivity index (χ4n) is 2.85. The summed E-state index contributed by atoms with van der Waals surface area (Å²) in [5.41, 5.74) is 8.49. The molecule has 1 saturated heterocycles. The van der Waals surface area contributed by atoms with Crippen molar-refractivity contribution in [3.8, 4) is 5.88 Å². The molecule has 25 heavy (non-hydrogen) atoms. The van der Waals surface area contributed by atoms with Gasteiger partial charge >= 0.3 is 0 Å². The molecule has 0 spiro atoms. The van der Waals surface area contributed by atoms with Crippen LogP contribution in [0.4, 0.5) is 11.6 Å². The van der Waals surface area contributed by atoms with Crippen molar-refractivity contribution in [3.63, 3.8) is 0 Å². The summed E-state index contributed by atoms with van der Waals surface area (Å²) < 4.78 is 11.4. The summed E-state index contributed by atoms with van der Waals surface area (Å²) in [5.74, 6) is 1.24. The molecule has 128 valence electrons. The number of morpholine rings is 1. The Labute approximate surface area is 146 Å². The average molecular weight is 336 g/mol. The van der Waals surface area contributed by atoms with Crippen LogP contribution < -0.4 is 15.4 Å². The van der Waals surface area contributed by atoms with E-state index in [1.165, 1.54) is 0 Å². The van der Waals surface area contributed by atoms with E-state index in [0.29, 0.717) is 37.3 Å². The van der Waals surface area contributed by atoms with Gasteiger partial charge in [-0.3, -0.25) is 0 Å². The Bertz CT molecular complexity index is 864. The molecule has 0 bridgehead atoms. The Morgan fingerprint density at radius 1 is 1.04 bits per heavy atom. The molecule has 3 aromatic rings. The molecule has 0 unspecified atom stereocenters. The molecule has 1 aromatic heterocycles. The maximum atomic E-state index is 6.03. The highest BCUT2D eigenvalue weighted by molar-refractivity contribution is 5.87. The minimum absolute atomic E-state index is 0.458. The zero-order chi connectivity index (χ0) is 17.1. The minimum atomic E-state index is 0.458. The van der Waals surface area contributed by atoms with E-state index in [1.807, 2.05) is 48.5 Å². The predicted octanol–water partition coefficient (Wildman–Crippen LogP) is 2.63. The predicted molar refractivity (Wildman–Crippen MR) is 97.8 cm³/mol. The number of benzene rings is 2. The van der Waals surface area contributed by atoms with Gasteiger partial charge in [0.15, 0.2) is 0 Å². The Morgan fingerprint density at radius 2 is 1.84 bits per heavy atom. The van der Waals surface area contributed by atoms with Crippen molar-refractivity contribution in [3.05, 3.63) is 54.1 Å². The third kappa shape index (κ3) is 3.49. The number of ether oxygens (including phenoxy) is 2. The summed E-state index contributed by atoms with van der Waals surface area (Å²) in [7, 11) is 0. The Kier molecular flexibility index (Phi) is 4.35. The van der Waals surface area contributed by atoms with Gasteiger partial charge in [0.1, 0.15) is 6.61 Å². The molecule has 2 N–H and O–H groups in total. The molecule has 1 fully saturated rings. The van der Waals surface area contributed by atoms with Crippen LogP contribution in [0, 0.1) is 0 Å². The summed E-state index contributed by atoms with van der Waals surface area (Å²) in [6, 6.07) is 15.7. The van der Waals surface area contributed by atoms with Gasteiger partial charge in [-0.2, -0.15) is 4.98 Å². The molecule has 0 atom stereocenters. The first-order valence-corrected chi connectivity index (χ1v) is 8.36. The summed E-state index contributed by atoms with van der Waals surface area (Å²) in [5, 5.41) is 0.863. The molecule has 0 amide bonds. The highest BCUT2D eigenvalue weighted by Crippen LogP contribution is 2.28. The van der Waals surface area contributed by atoms with E-state index in [2.05, 4.69) is 14.9 Å². The maximum Gasteiger partial charge on any atom is 0.229 e. The largest absolute Gasteiger partial charge is 0.472 e. The number of anilines is 2. The molecule has 1 aliphatic rings. The van der Waals surface area contributed by atoms with Gasteiger partial charge in [0, 0.05) is 18.8 Å². The molecule has 0 saturated carbocycles. The lowest BCUT2D eigenvalue weighted by Crippen LogP contribution is -2.37. The maximum absolute atomic E-state index is 6.03. The first-order chi connectivity index (χ1) is 12.3. The van der Waals surface area contributed by atoms with Crippen LogP contribution in [0.15, 0.2) is 48.5 Å². The van der Waals surface area contributed by atoms with Crippen molar-refractivity contribution in [2.24, 2.45) is 0 Å². The third-order valence-electron chi connectivity index (χ3n) is 4.19. The molecule has 6 nitrogen and oxygen atoms in total. The first kappa shape index (κ1) is 15.7. The SMILES string of the molecule is Nc1ccc2c(OCc3ccccc3)nc(N3CCOCC3)nc2c1. The molecule has 0 aliphatic carbocycles. The first-order valence-electron chi connectivity index (χ1n) is 8.36. The lowest BCUT2D eigenvalue weighted by molar-refractivity contribution is 0.122. The molecule has 6 heteroatoms. The normalized spacial score (nSPS) is 14.6. The molecule has 0 radical (unpaired) electrons. The van der Waals surface area contributed by atoms with E-state index in [0.717, 1.165) is 29.6 Å². The van der Waals surface area contributed by atoms with E-state index in [9.17, 15) is 0 Å². The zero-order valence-corrected chi connectivity index (χ0v) is 13.9. The number of hydrogen-bond acceptors (Lipinski definition) is 6. The number of hydrogen-bond donors (Lipinski definition) is 1. The second-order valence-corrected chi connectivity index (χ2v) is 5.98. The zero-order valence-electron chi connectivity index (χ0n) is 13.9. The fraction of sp³-hybridized carbons (Fsp3) is 0.263. The molecule has 2 aromatic carbocycles. The number of nitrogens with two attached hydrogens (primary N) is 1. The van der Waals surface area contributed by atoms with Crippen LogP contribution in [0.2, 0.25) is 0 Å². The molecule has 2 heterocycles. The summed E-state index contributed by atoms with van der Waals surface area (Å²) in [4.78, 5) is 11.5. The molecular weight excluding hydrogens is 316 g/mol. The second-order valence-electron chi connectivity index (χ2n) is 5.98. The smallest absolute Gasteiger partial charge is 0.229 e. The highest BCUT2D eigenvalue weighted by Gasteiger charge is 2.17. The Balaban J connectivity index is 1.69. The Hall–Kier alpha value is -2.86. The number of nitrogen functional groups attached to an aromatic ring is 1. The van der Waals surface area contributed by atoms with Gasteiger partial charge < -0.3 is 20.1 Å². The quantitative estimate of drug-likeness (QED) is 0.738. The van der Waals surface area contributed by atoms with Crippen LogP contribution in [0.25, 0.3) is 10.9 Å². The molecule has 1 aliphatic heterocycles. The summed E-state index contributed by atoms with van der Waals surface area (Å²) in [6.45, 7) is 3.36.